The molecule has 5 nitrogen and oxygen atoms in total. The zero-order valence-corrected chi connectivity index (χ0v) is 7.43. The third-order valence-electron chi connectivity index (χ3n) is 2.07. The largest absolute Gasteiger partial charge is 0.351 e. The van der Waals surface area contributed by atoms with Gasteiger partial charge in [-0.25, -0.2) is 4.98 Å². The molecule has 0 bridgehead atoms. The van der Waals surface area contributed by atoms with E-state index in [9.17, 15) is 4.79 Å². The predicted octanol–water partition coefficient (Wildman–Crippen LogP) is 0.0124. The number of ether oxygens (including phenoxy) is 1. The average Bonchev–Trinajstić information content (AvgIpc) is 2.83. The van der Waals surface area contributed by atoms with Crippen LogP contribution >= 0.6 is 11.8 Å². The van der Waals surface area contributed by atoms with Gasteiger partial charge in [-0.05, 0) is 0 Å². The number of nitrogens with one attached hydrogen (secondary N) is 2. The Morgan fingerprint density at radius 2 is 2.62 bits per heavy atom. The van der Waals surface area contributed by atoms with E-state index in [-0.39, 0.29) is 17.9 Å². The Bertz CT molecular complexity index is 405. The quantitative estimate of drug-likeness (QED) is 0.453. The van der Waals surface area contributed by atoms with Gasteiger partial charge < -0.3 is 15.0 Å². The van der Waals surface area contributed by atoms with Crippen molar-refractivity contribution in [2.45, 2.75) is 17.4 Å². The second-order valence-corrected chi connectivity index (χ2v) is 3.97. The Balaban J connectivity index is 2.10. The number of epoxide rings is 1. The standard InChI is InChI=1S/C7H7N3O2S/c11-5-4-7(9-2-8-5)13-1-3-6(10-4)12-3/h2-3,6,10H,1H2,(H,8,9,11). The minimum Gasteiger partial charge on any atom is -0.351 e. The Hall–Kier alpha value is -1.01. The lowest BCUT2D eigenvalue weighted by atomic mass is 10.4. The number of anilines is 1. The first-order chi connectivity index (χ1) is 6.34. The normalized spacial score (nSPS) is 29.5. The molecule has 2 aliphatic rings. The van der Waals surface area contributed by atoms with E-state index < -0.39 is 0 Å². The minimum atomic E-state index is -0.131. The van der Waals surface area contributed by atoms with Crippen molar-refractivity contribution in [1.82, 2.24) is 9.97 Å². The van der Waals surface area contributed by atoms with Gasteiger partial charge in [0.2, 0.25) is 0 Å². The Morgan fingerprint density at radius 3 is 3.54 bits per heavy atom. The first-order valence-electron chi connectivity index (χ1n) is 3.97. The summed E-state index contributed by atoms with van der Waals surface area (Å²) in [7, 11) is 0. The van der Waals surface area contributed by atoms with Gasteiger partial charge in [-0.3, -0.25) is 4.79 Å². The van der Waals surface area contributed by atoms with E-state index in [4.69, 9.17) is 4.74 Å². The summed E-state index contributed by atoms with van der Waals surface area (Å²) >= 11 is 1.55. The SMILES string of the molecule is O=c1[nH]cnc2c1NC1OC1CS2. The topological polar surface area (TPSA) is 70.3 Å². The molecule has 1 aromatic heterocycles. The summed E-state index contributed by atoms with van der Waals surface area (Å²) in [5, 5.41) is 3.78. The van der Waals surface area contributed by atoms with Crippen molar-refractivity contribution >= 4 is 17.4 Å². The smallest absolute Gasteiger partial charge is 0.275 e. The molecule has 2 N–H and O–H groups in total. The summed E-state index contributed by atoms with van der Waals surface area (Å²) in [5.41, 5.74) is 0.408. The van der Waals surface area contributed by atoms with E-state index in [1.807, 2.05) is 0 Å². The molecule has 68 valence electrons. The van der Waals surface area contributed by atoms with Gasteiger partial charge in [0.1, 0.15) is 16.8 Å². The number of aromatic amines is 1. The van der Waals surface area contributed by atoms with Crippen molar-refractivity contribution in [2.24, 2.45) is 0 Å². The van der Waals surface area contributed by atoms with E-state index in [0.29, 0.717) is 5.69 Å². The van der Waals surface area contributed by atoms with Crippen molar-refractivity contribution in [3.05, 3.63) is 16.7 Å². The Kier molecular flexibility index (Phi) is 1.42. The highest BCUT2D eigenvalue weighted by Crippen LogP contribution is 2.35. The molecule has 1 fully saturated rings. The Morgan fingerprint density at radius 1 is 1.69 bits per heavy atom. The average molecular weight is 197 g/mol. The second kappa shape index (κ2) is 2.49. The number of rotatable bonds is 0. The molecule has 1 saturated heterocycles. The highest BCUT2D eigenvalue weighted by Gasteiger charge is 2.42. The molecular weight excluding hydrogens is 190 g/mol. The third-order valence-corrected chi connectivity index (χ3v) is 3.15. The van der Waals surface area contributed by atoms with Crippen molar-refractivity contribution in [1.29, 1.82) is 0 Å². The molecule has 0 aliphatic carbocycles. The van der Waals surface area contributed by atoms with E-state index >= 15 is 0 Å². The summed E-state index contributed by atoms with van der Waals surface area (Å²) in [5.74, 6) is 0.862. The van der Waals surface area contributed by atoms with Gasteiger partial charge in [-0.2, -0.15) is 0 Å². The first-order valence-corrected chi connectivity index (χ1v) is 4.95. The minimum absolute atomic E-state index is 0.0130. The summed E-state index contributed by atoms with van der Waals surface area (Å²) in [6, 6.07) is 0. The fourth-order valence-corrected chi connectivity index (χ4v) is 2.32. The summed E-state index contributed by atoms with van der Waals surface area (Å²) < 4.78 is 5.26. The molecule has 3 heterocycles. The molecule has 6 heteroatoms. The molecular formula is C7H7N3O2S. The molecule has 0 aromatic carbocycles. The van der Waals surface area contributed by atoms with E-state index in [0.717, 1.165) is 10.8 Å². The zero-order valence-electron chi connectivity index (χ0n) is 6.61. The lowest BCUT2D eigenvalue weighted by Crippen LogP contribution is -2.17. The third kappa shape index (κ3) is 1.13. The number of fused-ring (bicyclic) bond motifs is 2. The van der Waals surface area contributed by atoms with Gasteiger partial charge >= 0.3 is 0 Å². The highest BCUT2D eigenvalue weighted by molar-refractivity contribution is 7.99. The number of aromatic nitrogens is 2. The summed E-state index contributed by atoms with van der Waals surface area (Å²) in [6.45, 7) is 0. The van der Waals surface area contributed by atoms with Crippen LogP contribution in [0.5, 0.6) is 0 Å². The van der Waals surface area contributed by atoms with Crippen molar-refractivity contribution < 1.29 is 4.74 Å². The number of H-pyrrole nitrogens is 1. The molecule has 0 radical (unpaired) electrons. The summed E-state index contributed by atoms with van der Waals surface area (Å²) in [6.07, 6.45) is 1.67. The monoisotopic (exact) mass is 197 g/mol. The van der Waals surface area contributed by atoms with Gasteiger partial charge in [0.25, 0.3) is 5.56 Å². The first kappa shape index (κ1) is 7.40. The van der Waals surface area contributed by atoms with Crippen LogP contribution < -0.4 is 10.9 Å². The van der Waals surface area contributed by atoms with Crippen LogP contribution in [0.4, 0.5) is 5.69 Å². The Labute approximate surface area is 77.9 Å². The van der Waals surface area contributed by atoms with Crippen molar-refractivity contribution in [2.75, 3.05) is 11.1 Å². The van der Waals surface area contributed by atoms with Crippen LogP contribution in [0.3, 0.4) is 0 Å². The van der Waals surface area contributed by atoms with Crippen LogP contribution in [0.1, 0.15) is 0 Å². The fourth-order valence-electron chi connectivity index (χ4n) is 1.32. The second-order valence-electron chi connectivity index (χ2n) is 2.96. The molecule has 2 atom stereocenters. The van der Waals surface area contributed by atoms with Crippen LogP contribution in [-0.4, -0.2) is 28.1 Å². The highest BCUT2D eigenvalue weighted by atomic mass is 32.2. The van der Waals surface area contributed by atoms with Crippen LogP contribution in [-0.2, 0) is 4.74 Å². The molecule has 13 heavy (non-hydrogen) atoms. The van der Waals surface area contributed by atoms with Crippen LogP contribution in [0.25, 0.3) is 0 Å². The van der Waals surface area contributed by atoms with Crippen molar-refractivity contribution in [3.63, 3.8) is 0 Å². The number of hydrogen-bond donors (Lipinski definition) is 2. The van der Waals surface area contributed by atoms with Crippen LogP contribution in [0.15, 0.2) is 16.1 Å². The molecule has 2 aliphatic heterocycles. The molecule has 1 aromatic rings. The van der Waals surface area contributed by atoms with Crippen LogP contribution in [0, 0.1) is 0 Å². The molecule has 0 amide bonds. The molecule has 2 unspecified atom stereocenters. The zero-order chi connectivity index (χ0) is 8.84. The summed E-state index contributed by atoms with van der Waals surface area (Å²) in [4.78, 5) is 18.0. The van der Waals surface area contributed by atoms with Gasteiger partial charge in [0.15, 0.2) is 6.23 Å². The van der Waals surface area contributed by atoms with Crippen LogP contribution in [0.2, 0.25) is 0 Å². The van der Waals surface area contributed by atoms with Gasteiger partial charge in [-0.15, -0.1) is 11.8 Å². The number of hydrogen-bond acceptors (Lipinski definition) is 5. The maximum atomic E-state index is 11.4. The molecule has 3 rings (SSSR count). The number of thioether (sulfide) groups is 1. The van der Waals surface area contributed by atoms with Gasteiger partial charge in [0, 0.05) is 5.75 Å². The maximum absolute atomic E-state index is 11.4. The van der Waals surface area contributed by atoms with Crippen molar-refractivity contribution in [3.8, 4) is 0 Å². The van der Waals surface area contributed by atoms with Gasteiger partial charge in [0.05, 0.1) is 6.33 Å². The van der Waals surface area contributed by atoms with E-state index in [1.54, 1.807) is 11.8 Å². The number of nitrogens with zero attached hydrogens (tertiary/aromatic N) is 1. The maximum Gasteiger partial charge on any atom is 0.275 e. The fraction of sp³-hybridized carbons (Fsp3) is 0.429. The van der Waals surface area contributed by atoms with Gasteiger partial charge in [-0.1, -0.05) is 0 Å². The van der Waals surface area contributed by atoms with E-state index in [2.05, 4.69) is 15.3 Å². The lowest BCUT2D eigenvalue weighted by molar-refractivity contribution is 0.393. The molecule has 0 saturated carbocycles. The van der Waals surface area contributed by atoms with E-state index in [1.165, 1.54) is 6.33 Å². The molecule has 0 spiro atoms. The lowest BCUT2D eigenvalue weighted by Gasteiger charge is -2.03. The predicted molar refractivity (Wildman–Crippen MR) is 47.9 cm³/mol.